The number of rotatable bonds is 4. The number of urea groups is 1. The van der Waals surface area contributed by atoms with E-state index in [1.165, 1.54) is 0 Å². The first-order chi connectivity index (χ1) is 10.5. The highest BCUT2D eigenvalue weighted by Crippen LogP contribution is 2.28. The Bertz CT molecular complexity index is 496. The van der Waals surface area contributed by atoms with Crippen molar-refractivity contribution in [1.82, 2.24) is 10.2 Å². The number of benzene rings is 1. The van der Waals surface area contributed by atoms with E-state index in [1.807, 2.05) is 30.0 Å². The highest BCUT2D eigenvalue weighted by atomic mass is 16.5. The van der Waals surface area contributed by atoms with Crippen LogP contribution in [-0.4, -0.2) is 50.3 Å². The third-order valence-corrected chi connectivity index (χ3v) is 4.34. The van der Waals surface area contributed by atoms with Gasteiger partial charge in [-0.05, 0) is 25.0 Å². The minimum Gasteiger partial charge on any atom is -0.495 e. The summed E-state index contributed by atoms with van der Waals surface area (Å²) >= 11 is 0. The largest absolute Gasteiger partial charge is 0.495 e. The molecule has 0 aliphatic carbocycles. The fraction of sp³-hybridized carbons (Fsp3) is 0.588. The summed E-state index contributed by atoms with van der Waals surface area (Å²) in [7, 11) is 1.69. The van der Waals surface area contributed by atoms with Gasteiger partial charge < -0.3 is 19.9 Å². The molecule has 0 spiro atoms. The van der Waals surface area contributed by atoms with Crippen molar-refractivity contribution in [2.75, 3.05) is 38.2 Å². The summed E-state index contributed by atoms with van der Waals surface area (Å²) in [5, 5.41) is 3.07. The van der Waals surface area contributed by atoms with E-state index in [1.54, 1.807) is 7.11 Å². The molecule has 1 aromatic carbocycles. The number of carbonyl (C=O) groups excluding carboxylic acids is 1. The smallest absolute Gasteiger partial charge is 0.317 e. The summed E-state index contributed by atoms with van der Waals surface area (Å²) in [5.74, 6) is 1.33. The van der Waals surface area contributed by atoms with E-state index in [0.29, 0.717) is 5.92 Å². The first-order valence-corrected chi connectivity index (χ1v) is 7.96. The number of ether oxygens (including phenoxy) is 1. The van der Waals surface area contributed by atoms with Gasteiger partial charge in [-0.3, -0.25) is 0 Å². The minimum absolute atomic E-state index is 0.0425. The molecule has 0 saturated carbocycles. The quantitative estimate of drug-likeness (QED) is 0.930. The van der Waals surface area contributed by atoms with Crippen LogP contribution >= 0.6 is 0 Å². The van der Waals surface area contributed by atoms with Crippen molar-refractivity contribution >= 4 is 11.7 Å². The normalized spacial score (nSPS) is 16.6. The lowest BCUT2D eigenvalue weighted by molar-refractivity contribution is 0.188. The van der Waals surface area contributed by atoms with Gasteiger partial charge in [-0.25, -0.2) is 4.79 Å². The zero-order chi connectivity index (χ0) is 16.1. The Labute approximate surface area is 133 Å². The Morgan fingerprint density at radius 2 is 1.77 bits per heavy atom. The molecule has 22 heavy (non-hydrogen) atoms. The Morgan fingerprint density at radius 1 is 1.14 bits per heavy atom. The topological polar surface area (TPSA) is 44.8 Å². The second kappa shape index (κ2) is 7.38. The summed E-state index contributed by atoms with van der Waals surface area (Å²) in [6.07, 6.45) is 0. The average molecular weight is 305 g/mol. The van der Waals surface area contributed by atoms with Crippen molar-refractivity contribution in [3.05, 3.63) is 24.3 Å². The Balaban J connectivity index is 1.91. The van der Waals surface area contributed by atoms with Gasteiger partial charge in [0.15, 0.2) is 0 Å². The molecular weight excluding hydrogens is 278 g/mol. The van der Waals surface area contributed by atoms with Gasteiger partial charge in [0, 0.05) is 32.2 Å². The van der Waals surface area contributed by atoms with E-state index in [4.69, 9.17) is 4.74 Å². The Hall–Kier alpha value is -1.91. The van der Waals surface area contributed by atoms with Crippen molar-refractivity contribution in [1.29, 1.82) is 0 Å². The van der Waals surface area contributed by atoms with Crippen LogP contribution in [0.1, 0.15) is 20.8 Å². The van der Waals surface area contributed by atoms with E-state index in [9.17, 15) is 4.79 Å². The molecule has 1 aliphatic heterocycles. The van der Waals surface area contributed by atoms with Crippen LogP contribution < -0.4 is 15.0 Å². The molecule has 1 unspecified atom stereocenters. The summed E-state index contributed by atoms with van der Waals surface area (Å²) < 4.78 is 5.42. The molecule has 1 atom stereocenters. The van der Waals surface area contributed by atoms with Crippen LogP contribution in [0.3, 0.4) is 0 Å². The molecule has 0 aromatic heterocycles. The molecule has 1 fully saturated rings. The third kappa shape index (κ3) is 3.84. The van der Waals surface area contributed by atoms with Crippen LogP contribution in [-0.2, 0) is 0 Å². The summed E-state index contributed by atoms with van der Waals surface area (Å²) in [4.78, 5) is 16.4. The molecule has 5 heteroatoms. The Morgan fingerprint density at radius 3 is 2.36 bits per heavy atom. The molecule has 5 nitrogen and oxygen atoms in total. The highest BCUT2D eigenvalue weighted by Gasteiger charge is 2.23. The number of nitrogens with zero attached hydrogens (tertiary/aromatic N) is 2. The van der Waals surface area contributed by atoms with E-state index in [-0.39, 0.29) is 12.1 Å². The number of hydrogen-bond acceptors (Lipinski definition) is 3. The molecule has 1 N–H and O–H groups in total. The van der Waals surface area contributed by atoms with Gasteiger partial charge in [-0.15, -0.1) is 0 Å². The van der Waals surface area contributed by atoms with Gasteiger partial charge in [0.05, 0.1) is 12.8 Å². The maximum absolute atomic E-state index is 12.3. The van der Waals surface area contributed by atoms with Crippen molar-refractivity contribution in [2.24, 2.45) is 5.92 Å². The van der Waals surface area contributed by atoms with E-state index >= 15 is 0 Å². The van der Waals surface area contributed by atoms with Gasteiger partial charge in [0.2, 0.25) is 0 Å². The summed E-state index contributed by atoms with van der Waals surface area (Å²) in [6, 6.07) is 8.26. The molecule has 1 aliphatic rings. The lowest BCUT2D eigenvalue weighted by atomic mass is 10.1. The van der Waals surface area contributed by atoms with E-state index in [2.05, 4.69) is 30.1 Å². The second-order valence-corrected chi connectivity index (χ2v) is 6.13. The fourth-order valence-corrected chi connectivity index (χ4v) is 2.49. The van der Waals surface area contributed by atoms with Gasteiger partial charge >= 0.3 is 6.03 Å². The molecule has 2 rings (SSSR count). The molecule has 1 heterocycles. The van der Waals surface area contributed by atoms with Gasteiger partial charge in [-0.1, -0.05) is 26.0 Å². The van der Waals surface area contributed by atoms with Crippen molar-refractivity contribution in [3.8, 4) is 5.75 Å². The highest BCUT2D eigenvalue weighted by molar-refractivity contribution is 5.75. The number of amides is 2. The predicted octanol–water partition coefficient (Wildman–Crippen LogP) is 2.57. The molecule has 1 aromatic rings. The van der Waals surface area contributed by atoms with Crippen LogP contribution in [0.5, 0.6) is 5.75 Å². The molecule has 1 saturated heterocycles. The van der Waals surface area contributed by atoms with Crippen LogP contribution in [0, 0.1) is 5.92 Å². The first-order valence-electron chi connectivity index (χ1n) is 7.96. The maximum Gasteiger partial charge on any atom is 0.317 e. The number of hydrogen-bond donors (Lipinski definition) is 1. The van der Waals surface area contributed by atoms with Crippen LogP contribution in [0.25, 0.3) is 0 Å². The number of para-hydroxylation sites is 2. The number of piperazine rings is 1. The van der Waals surface area contributed by atoms with Gasteiger partial charge in [0.25, 0.3) is 0 Å². The molecule has 0 radical (unpaired) electrons. The number of anilines is 1. The number of methoxy groups -OCH3 is 1. The molecule has 2 amide bonds. The van der Waals surface area contributed by atoms with Gasteiger partial charge in [-0.2, -0.15) is 0 Å². The molecule has 0 bridgehead atoms. The van der Waals surface area contributed by atoms with Crippen molar-refractivity contribution in [2.45, 2.75) is 26.8 Å². The zero-order valence-corrected chi connectivity index (χ0v) is 14.0. The lowest BCUT2D eigenvalue weighted by Crippen LogP contribution is -2.53. The van der Waals surface area contributed by atoms with Crippen molar-refractivity contribution in [3.63, 3.8) is 0 Å². The predicted molar refractivity (Wildman–Crippen MR) is 89.6 cm³/mol. The van der Waals surface area contributed by atoms with Crippen LogP contribution in [0.15, 0.2) is 24.3 Å². The van der Waals surface area contributed by atoms with E-state index in [0.717, 1.165) is 37.6 Å². The van der Waals surface area contributed by atoms with E-state index < -0.39 is 0 Å². The maximum atomic E-state index is 12.3. The third-order valence-electron chi connectivity index (χ3n) is 4.34. The number of carbonyl (C=O) groups is 1. The lowest BCUT2D eigenvalue weighted by Gasteiger charge is -2.37. The van der Waals surface area contributed by atoms with Crippen LogP contribution in [0.2, 0.25) is 0 Å². The van der Waals surface area contributed by atoms with Crippen molar-refractivity contribution < 1.29 is 9.53 Å². The standard InChI is InChI=1S/C17H27N3O2/c1-13(2)14(3)18-17(21)20-11-9-19(10-12-20)15-7-5-6-8-16(15)22-4/h5-8,13-14H,9-12H2,1-4H3,(H,18,21). The summed E-state index contributed by atoms with van der Waals surface area (Å²) in [5.41, 5.74) is 1.10. The first kappa shape index (κ1) is 16.5. The summed E-state index contributed by atoms with van der Waals surface area (Å²) in [6.45, 7) is 9.39. The average Bonchev–Trinajstić information content (AvgIpc) is 2.54. The fourth-order valence-electron chi connectivity index (χ4n) is 2.49. The second-order valence-electron chi connectivity index (χ2n) is 6.13. The molecule has 122 valence electrons. The molecular formula is C17H27N3O2. The minimum atomic E-state index is 0.0425. The zero-order valence-electron chi connectivity index (χ0n) is 14.0. The number of nitrogens with one attached hydrogen (secondary N) is 1. The van der Waals surface area contributed by atoms with Gasteiger partial charge in [0.1, 0.15) is 5.75 Å². The van der Waals surface area contributed by atoms with Crippen LogP contribution in [0.4, 0.5) is 10.5 Å². The monoisotopic (exact) mass is 305 g/mol. The SMILES string of the molecule is COc1ccccc1N1CCN(C(=O)NC(C)C(C)C)CC1. The Kier molecular flexibility index (Phi) is 5.52.